The van der Waals surface area contributed by atoms with Crippen LogP contribution in [0.2, 0.25) is 0 Å². The molecule has 2 N–H and O–H groups in total. The summed E-state index contributed by atoms with van der Waals surface area (Å²) in [5, 5.41) is 13.3. The van der Waals surface area contributed by atoms with Crippen molar-refractivity contribution in [3.05, 3.63) is 95.1 Å². The van der Waals surface area contributed by atoms with Crippen molar-refractivity contribution in [3.8, 4) is 5.75 Å². The summed E-state index contributed by atoms with van der Waals surface area (Å²) in [6.45, 7) is 0.655. The summed E-state index contributed by atoms with van der Waals surface area (Å²) in [6.07, 6.45) is 0. The number of nitrogens with one attached hydrogen (secondary N) is 1. The molecule has 1 heterocycles. The molecular formula is C24H22N2O4S. The Kier molecular flexibility index (Phi) is 6.25. The van der Waals surface area contributed by atoms with Crippen LogP contribution in [-0.2, 0) is 13.1 Å². The summed E-state index contributed by atoms with van der Waals surface area (Å²) >= 11 is 1.19. The van der Waals surface area contributed by atoms with E-state index in [4.69, 9.17) is 4.74 Å². The Morgan fingerprint density at radius 1 is 1.06 bits per heavy atom. The molecule has 158 valence electrons. The Balaban J connectivity index is 1.48. The van der Waals surface area contributed by atoms with Crippen molar-refractivity contribution in [2.24, 2.45) is 0 Å². The molecule has 7 heteroatoms. The number of aliphatic hydroxyl groups is 1. The number of thioether (sulfide) groups is 1. The molecule has 0 bridgehead atoms. The van der Waals surface area contributed by atoms with Gasteiger partial charge in [-0.05, 0) is 41.5 Å². The van der Waals surface area contributed by atoms with Gasteiger partial charge in [-0.2, -0.15) is 0 Å². The summed E-state index contributed by atoms with van der Waals surface area (Å²) in [5.41, 5.74) is 1.71. The van der Waals surface area contributed by atoms with Gasteiger partial charge in [-0.25, -0.2) is 0 Å². The number of carbonyl (C=O) groups is 2. The van der Waals surface area contributed by atoms with E-state index < -0.39 is 5.56 Å². The number of ether oxygens (including phenoxy) is 1. The highest BCUT2D eigenvalue weighted by atomic mass is 32.2. The van der Waals surface area contributed by atoms with Crippen molar-refractivity contribution in [1.29, 1.82) is 0 Å². The minimum absolute atomic E-state index is 0.267. The number of methoxy groups -OCH3 is 1. The topological polar surface area (TPSA) is 78.9 Å². The van der Waals surface area contributed by atoms with E-state index in [0.29, 0.717) is 29.1 Å². The molecule has 0 aliphatic carbocycles. The lowest BCUT2D eigenvalue weighted by Gasteiger charge is -2.32. The summed E-state index contributed by atoms with van der Waals surface area (Å²) in [5.74, 6) is 0.190. The van der Waals surface area contributed by atoms with Gasteiger partial charge >= 0.3 is 0 Å². The van der Waals surface area contributed by atoms with Crippen molar-refractivity contribution >= 4 is 23.6 Å². The maximum atomic E-state index is 13.1. The van der Waals surface area contributed by atoms with Crippen LogP contribution in [0.1, 0.15) is 31.8 Å². The molecule has 0 saturated carbocycles. The standard InChI is InChI=1S/C24H22N2O4S/c1-30-19-10-7-16(8-11-19)14-25-22(27)18-9-12-21-20(13-18)23(28)26(24(29)31-21)15-17-5-3-2-4-6-17/h2-13,24,29H,14-15H2,1H3,(H,25,27). The number of carbonyl (C=O) groups excluding carboxylic acids is 2. The van der Waals surface area contributed by atoms with Gasteiger partial charge in [0.2, 0.25) is 0 Å². The summed E-state index contributed by atoms with van der Waals surface area (Å²) in [7, 11) is 1.60. The molecule has 0 radical (unpaired) electrons. The Bertz CT molecular complexity index is 1090. The molecular weight excluding hydrogens is 412 g/mol. The Labute approximate surface area is 184 Å². The van der Waals surface area contributed by atoms with E-state index in [9.17, 15) is 14.7 Å². The second-order valence-corrected chi connectivity index (χ2v) is 8.20. The zero-order valence-electron chi connectivity index (χ0n) is 16.9. The Morgan fingerprint density at radius 2 is 1.81 bits per heavy atom. The molecule has 1 aliphatic heterocycles. The third-order valence-corrected chi connectivity index (χ3v) is 6.12. The third-order valence-electron chi connectivity index (χ3n) is 5.04. The summed E-state index contributed by atoms with van der Waals surface area (Å²) in [6, 6.07) is 21.9. The quantitative estimate of drug-likeness (QED) is 0.619. The first kappa shape index (κ1) is 21.0. The number of benzene rings is 3. The number of rotatable bonds is 6. The first-order valence-corrected chi connectivity index (χ1v) is 10.7. The number of aliphatic hydroxyl groups excluding tert-OH is 1. The van der Waals surface area contributed by atoms with Crippen molar-refractivity contribution in [2.45, 2.75) is 23.5 Å². The Morgan fingerprint density at radius 3 is 2.52 bits per heavy atom. The normalized spacial score (nSPS) is 15.4. The van der Waals surface area contributed by atoms with Gasteiger partial charge in [0, 0.05) is 23.5 Å². The first-order valence-electron chi connectivity index (χ1n) is 9.80. The van der Waals surface area contributed by atoms with Gasteiger partial charge in [-0.3, -0.25) is 14.5 Å². The number of fused-ring (bicyclic) bond motifs is 1. The molecule has 2 amide bonds. The molecule has 3 aromatic carbocycles. The van der Waals surface area contributed by atoms with Crippen molar-refractivity contribution < 1.29 is 19.4 Å². The van der Waals surface area contributed by atoms with Crippen molar-refractivity contribution in [1.82, 2.24) is 10.2 Å². The van der Waals surface area contributed by atoms with Crippen LogP contribution in [0, 0.1) is 0 Å². The molecule has 0 spiro atoms. The van der Waals surface area contributed by atoms with Crippen molar-refractivity contribution in [3.63, 3.8) is 0 Å². The van der Waals surface area contributed by atoms with Crippen LogP contribution in [0.25, 0.3) is 0 Å². The average molecular weight is 435 g/mol. The summed E-state index contributed by atoms with van der Waals surface area (Å²) in [4.78, 5) is 27.8. The smallest absolute Gasteiger partial charge is 0.258 e. The lowest BCUT2D eigenvalue weighted by atomic mass is 10.1. The largest absolute Gasteiger partial charge is 0.497 e. The molecule has 1 atom stereocenters. The molecule has 0 fully saturated rings. The average Bonchev–Trinajstić information content (AvgIpc) is 2.81. The molecule has 31 heavy (non-hydrogen) atoms. The lowest BCUT2D eigenvalue weighted by molar-refractivity contribution is 0.0403. The van der Waals surface area contributed by atoms with Gasteiger partial charge in [0.1, 0.15) is 5.75 Å². The Hall–Kier alpha value is -3.29. The van der Waals surface area contributed by atoms with E-state index in [2.05, 4.69) is 5.32 Å². The van der Waals surface area contributed by atoms with Crippen LogP contribution in [0.5, 0.6) is 5.75 Å². The van der Waals surface area contributed by atoms with E-state index in [1.54, 1.807) is 25.3 Å². The predicted octanol–water partition coefficient (Wildman–Crippen LogP) is 3.65. The molecule has 4 rings (SSSR count). The highest BCUT2D eigenvalue weighted by Crippen LogP contribution is 2.35. The fourth-order valence-electron chi connectivity index (χ4n) is 3.33. The molecule has 0 aromatic heterocycles. The van der Waals surface area contributed by atoms with Crippen LogP contribution in [-0.4, -0.2) is 34.5 Å². The lowest BCUT2D eigenvalue weighted by Crippen LogP contribution is -2.41. The zero-order valence-corrected chi connectivity index (χ0v) is 17.8. The van der Waals surface area contributed by atoms with Crippen LogP contribution < -0.4 is 10.1 Å². The van der Waals surface area contributed by atoms with Crippen LogP contribution in [0.4, 0.5) is 0 Å². The maximum absolute atomic E-state index is 13.1. The number of hydrogen-bond acceptors (Lipinski definition) is 5. The SMILES string of the molecule is COc1ccc(CNC(=O)c2ccc3c(c2)C(=O)N(Cc2ccccc2)C(O)S3)cc1. The number of nitrogens with zero attached hydrogens (tertiary/aromatic N) is 1. The maximum Gasteiger partial charge on any atom is 0.258 e. The number of amides is 2. The van der Waals surface area contributed by atoms with E-state index >= 15 is 0 Å². The van der Waals surface area contributed by atoms with E-state index in [1.807, 2.05) is 54.6 Å². The van der Waals surface area contributed by atoms with Gasteiger partial charge in [0.25, 0.3) is 11.8 Å². The fraction of sp³-hybridized carbons (Fsp3) is 0.167. The predicted molar refractivity (Wildman–Crippen MR) is 119 cm³/mol. The second-order valence-electron chi connectivity index (χ2n) is 7.10. The van der Waals surface area contributed by atoms with Gasteiger partial charge in [0.05, 0.1) is 12.7 Å². The van der Waals surface area contributed by atoms with Gasteiger partial charge in [-0.1, -0.05) is 54.2 Å². The highest BCUT2D eigenvalue weighted by Gasteiger charge is 2.32. The summed E-state index contributed by atoms with van der Waals surface area (Å²) < 4.78 is 5.14. The first-order chi connectivity index (χ1) is 15.0. The van der Waals surface area contributed by atoms with E-state index in [0.717, 1.165) is 16.9 Å². The molecule has 3 aromatic rings. The van der Waals surface area contributed by atoms with E-state index in [1.165, 1.54) is 16.7 Å². The monoisotopic (exact) mass is 434 g/mol. The fourth-order valence-corrected chi connectivity index (χ4v) is 4.28. The van der Waals surface area contributed by atoms with Gasteiger partial charge in [0.15, 0.2) is 5.56 Å². The third kappa shape index (κ3) is 4.73. The molecule has 0 saturated heterocycles. The van der Waals surface area contributed by atoms with Crippen molar-refractivity contribution in [2.75, 3.05) is 7.11 Å². The highest BCUT2D eigenvalue weighted by molar-refractivity contribution is 7.99. The number of hydrogen-bond donors (Lipinski definition) is 2. The van der Waals surface area contributed by atoms with Gasteiger partial charge < -0.3 is 15.2 Å². The molecule has 1 aliphatic rings. The molecule has 6 nitrogen and oxygen atoms in total. The van der Waals surface area contributed by atoms with E-state index in [-0.39, 0.29) is 11.8 Å². The minimum Gasteiger partial charge on any atom is -0.497 e. The zero-order chi connectivity index (χ0) is 21.8. The van der Waals surface area contributed by atoms with Crippen LogP contribution >= 0.6 is 11.8 Å². The van der Waals surface area contributed by atoms with Gasteiger partial charge in [-0.15, -0.1) is 0 Å². The minimum atomic E-state index is -0.977. The molecule has 1 unspecified atom stereocenters. The van der Waals surface area contributed by atoms with Crippen LogP contribution in [0.15, 0.2) is 77.7 Å². The second kappa shape index (κ2) is 9.24. The van der Waals surface area contributed by atoms with Crippen LogP contribution in [0.3, 0.4) is 0 Å².